The van der Waals surface area contributed by atoms with E-state index < -0.39 is 0 Å². The van der Waals surface area contributed by atoms with Gasteiger partial charge in [-0.3, -0.25) is 0 Å². The summed E-state index contributed by atoms with van der Waals surface area (Å²) in [5.41, 5.74) is 1.57. The smallest absolute Gasteiger partial charge is 0.119 e. The maximum absolute atomic E-state index is 5.29. The topological polar surface area (TPSA) is 21.3 Å². The van der Waals surface area contributed by atoms with Gasteiger partial charge in [-0.2, -0.15) is 0 Å². The van der Waals surface area contributed by atoms with E-state index in [4.69, 9.17) is 4.74 Å². The normalized spacial score (nSPS) is 12.1. The highest BCUT2D eigenvalue weighted by atomic mass is 16.5. The monoisotopic (exact) mass is 285 g/mol. The second kappa shape index (κ2) is 6.48. The Hall–Kier alpha value is -1.54. The van der Waals surface area contributed by atoms with Gasteiger partial charge in [0.15, 0.2) is 0 Å². The van der Waals surface area contributed by atoms with Crippen LogP contribution in [0.4, 0.5) is 0 Å². The van der Waals surface area contributed by atoms with Crippen LogP contribution in [0.2, 0.25) is 0 Å². The van der Waals surface area contributed by atoms with Crippen LogP contribution in [0, 0.1) is 0 Å². The van der Waals surface area contributed by atoms with Gasteiger partial charge in [-0.05, 0) is 46.8 Å². The van der Waals surface area contributed by atoms with E-state index in [1.807, 2.05) is 6.07 Å². The van der Waals surface area contributed by atoms with Crippen LogP contribution >= 0.6 is 0 Å². The molecule has 0 bridgehead atoms. The molecule has 0 spiro atoms. The zero-order valence-electron chi connectivity index (χ0n) is 13.9. The number of nitrogens with one attached hydrogen (secondary N) is 1. The number of rotatable bonds is 6. The Bertz CT molecular complexity index is 602. The number of ether oxygens (including phenoxy) is 1. The van der Waals surface area contributed by atoms with Gasteiger partial charge in [0, 0.05) is 6.04 Å². The standard InChI is InChI=1S/C19H27NO/c1-14(2)20-11-10-19(3,4)17-8-6-16-13-18(21-5)9-7-15(16)12-17/h6-9,12-14,20H,10-11H2,1-5H3. The summed E-state index contributed by atoms with van der Waals surface area (Å²) in [6.45, 7) is 10.1. The van der Waals surface area contributed by atoms with Crippen molar-refractivity contribution in [3.05, 3.63) is 42.0 Å². The minimum absolute atomic E-state index is 0.177. The van der Waals surface area contributed by atoms with Gasteiger partial charge >= 0.3 is 0 Å². The molecule has 0 fully saturated rings. The number of benzene rings is 2. The summed E-state index contributed by atoms with van der Waals surface area (Å²) >= 11 is 0. The van der Waals surface area contributed by atoms with E-state index in [-0.39, 0.29) is 5.41 Å². The fourth-order valence-electron chi connectivity index (χ4n) is 2.59. The summed E-state index contributed by atoms with van der Waals surface area (Å²) in [6.07, 6.45) is 1.13. The molecule has 0 aliphatic carbocycles. The minimum atomic E-state index is 0.177. The van der Waals surface area contributed by atoms with Crippen LogP contribution in [0.5, 0.6) is 5.75 Å². The maximum atomic E-state index is 5.29. The zero-order chi connectivity index (χ0) is 15.5. The van der Waals surface area contributed by atoms with Gasteiger partial charge in [0.2, 0.25) is 0 Å². The number of hydrogen-bond donors (Lipinski definition) is 1. The first-order valence-corrected chi connectivity index (χ1v) is 7.74. The molecule has 2 aromatic carbocycles. The highest BCUT2D eigenvalue weighted by molar-refractivity contribution is 5.84. The lowest BCUT2D eigenvalue weighted by Crippen LogP contribution is -2.29. The molecule has 0 aliphatic rings. The molecule has 0 saturated carbocycles. The van der Waals surface area contributed by atoms with Gasteiger partial charge in [0.1, 0.15) is 5.75 Å². The molecule has 2 rings (SSSR count). The molecule has 21 heavy (non-hydrogen) atoms. The van der Waals surface area contributed by atoms with E-state index in [9.17, 15) is 0 Å². The first-order valence-electron chi connectivity index (χ1n) is 7.74. The van der Waals surface area contributed by atoms with Crippen LogP contribution in [0.3, 0.4) is 0 Å². The van der Waals surface area contributed by atoms with Crippen LogP contribution < -0.4 is 10.1 Å². The summed E-state index contributed by atoms with van der Waals surface area (Å²) in [6, 6.07) is 13.6. The fourth-order valence-corrected chi connectivity index (χ4v) is 2.59. The molecular weight excluding hydrogens is 258 g/mol. The first-order chi connectivity index (χ1) is 9.92. The molecule has 0 amide bonds. The van der Waals surface area contributed by atoms with Crippen molar-refractivity contribution in [1.82, 2.24) is 5.32 Å². The summed E-state index contributed by atoms with van der Waals surface area (Å²) < 4.78 is 5.29. The molecule has 0 unspecified atom stereocenters. The predicted octanol–water partition coefficient (Wildman–Crippen LogP) is 4.51. The van der Waals surface area contributed by atoms with E-state index in [0.29, 0.717) is 6.04 Å². The van der Waals surface area contributed by atoms with Crippen molar-refractivity contribution in [3.63, 3.8) is 0 Å². The SMILES string of the molecule is COc1ccc2cc(C(C)(C)CCNC(C)C)ccc2c1. The molecule has 0 aromatic heterocycles. The third-order valence-corrected chi connectivity index (χ3v) is 4.13. The predicted molar refractivity (Wildman–Crippen MR) is 91.3 cm³/mol. The van der Waals surface area contributed by atoms with Crippen molar-refractivity contribution >= 4 is 10.8 Å². The molecule has 2 aromatic rings. The van der Waals surface area contributed by atoms with Crippen LogP contribution in [-0.4, -0.2) is 19.7 Å². The van der Waals surface area contributed by atoms with E-state index in [1.165, 1.54) is 16.3 Å². The van der Waals surface area contributed by atoms with Crippen molar-refractivity contribution in [2.24, 2.45) is 0 Å². The van der Waals surface area contributed by atoms with Crippen molar-refractivity contribution < 1.29 is 4.74 Å². The molecular formula is C19H27NO. The van der Waals surface area contributed by atoms with Crippen molar-refractivity contribution in [1.29, 1.82) is 0 Å². The lowest BCUT2D eigenvalue weighted by Gasteiger charge is -2.26. The van der Waals surface area contributed by atoms with Crippen molar-refractivity contribution in [3.8, 4) is 5.75 Å². The fraction of sp³-hybridized carbons (Fsp3) is 0.474. The molecule has 0 aliphatic heterocycles. The number of hydrogen-bond acceptors (Lipinski definition) is 2. The third-order valence-electron chi connectivity index (χ3n) is 4.13. The van der Waals surface area contributed by atoms with Gasteiger partial charge in [-0.15, -0.1) is 0 Å². The van der Waals surface area contributed by atoms with Crippen LogP contribution in [0.1, 0.15) is 39.7 Å². The van der Waals surface area contributed by atoms with Crippen LogP contribution in [0.15, 0.2) is 36.4 Å². The lowest BCUT2D eigenvalue weighted by atomic mass is 9.80. The average Bonchev–Trinajstić information content (AvgIpc) is 2.45. The quantitative estimate of drug-likeness (QED) is 0.843. The Labute approximate surface area is 128 Å². The number of fused-ring (bicyclic) bond motifs is 1. The van der Waals surface area contributed by atoms with Crippen molar-refractivity contribution in [2.45, 2.75) is 45.6 Å². The van der Waals surface area contributed by atoms with Gasteiger partial charge < -0.3 is 10.1 Å². The molecule has 2 heteroatoms. The molecule has 2 nitrogen and oxygen atoms in total. The largest absolute Gasteiger partial charge is 0.497 e. The molecule has 0 heterocycles. The third kappa shape index (κ3) is 3.98. The molecule has 0 atom stereocenters. The van der Waals surface area contributed by atoms with Crippen LogP contribution in [0.25, 0.3) is 10.8 Å². The second-order valence-electron chi connectivity index (χ2n) is 6.67. The summed E-state index contributed by atoms with van der Waals surface area (Å²) in [4.78, 5) is 0. The number of methoxy groups -OCH3 is 1. The van der Waals surface area contributed by atoms with E-state index in [1.54, 1.807) is 7.11 Å². The van der Waals surface area contributed by atoms with Gasteiger partial charge in [0.05, 0.1) is 7.11 Å². The lowest BCUT2D eigenvalue weighted by molar-refractivity contribution is 0.415. The highest BCUT2D eigenvalue weighted by Gasteiger charge is 2.20. The summed E-state index contributed by atoms with van der Waals surface area (Å²) in [5.74, 6) is 0.913. The van der Waals surface area contributed by atoms with E-state index in [2.05, 4.69) is 63.3 Å². The van der Waals surface area contributed by atoms with Crippen LogP contribution in [-0.2, 0) is 5.41 Å². The van der Waals surface area contributed by atoms with Crippen molar-refractivity contribution in [2.75, 3.05) is 13.7 Å². The Morgan fingerprint density at radius 2 is 1.71 bits per heavy atom. The zero-order valence-corrected chi connectivity index (χ0v) is 13.9. The maximum Gasteiger partial charge on any atom is 0.119 e. The van der Waals surface area contributed by atoms with Gasteiger partial charge in [0.25, 0.3) is 0 Å². The molecule has 1 N–H and O–H groups in total. The van der Waals surface area contributed by atoms with E-state index >= 15 is 0 Å². The van der Waals surface area contributed by atoms with E-state index in [0.717, 1.165) is 18.7 Å². The summed E-state index contributed by atoms with van der Waals surface area (Å²) in [7, 11) is 1.71. The Morgan fingerprint density at radius 1 is 1.05 bits per heavy atom. The van der Waals surface area contributed by atoms with Gasteiger partial charge in [-0.1, -0.05) is 52.0 Å². The minimum Gasteiger partial charge on any atom is -0.497 e. The Morgan fingerprint density at radius 3 is 2.38 bits per heavy atom. The second-order valence-corrected chi connectivity index (χ2v) is 6.67. The summed E-state index contributed by atoms with van der Waals surface area (Å²) in [5, 5.41) is 6.01. The average molecular weight is 285 g/mol. The highest BCUT2D eigenvalue weighted by Crippen LogP contribution is 2.30. The molecule has 0 saturated heterocycles. The Balaban J connectivity index is 2.21. The first kappa shape index (κ1) is 15.8. The molecule has 114 valence electrons. The van der Waals surface area contributed by atoms with Gasteiger partial charge in [-0.25, -0.2) is 0 Å². The molecule has 0 radical (unpaired) electrons. The Kier molecular flexibility index (Phi) is 4.89.